The minimum absolute atomic E-state index is 0.111. The van der Waals surface area contributed by atoms with Crippen molar-refractivity contribution in [3.63, 3.8) is 0 Å². The summed E-state index contributed by atoms with van der Waals surface area (Å²) in [6.45, 7) is 0.111. The topological polar surface area (TPSA) is 37.4 Å². The molecule has 0 N–H and O–H groups in total. The van der Waals surface area contributed by atoms with Crippen LogP contribution in [0.5, 0.6) is 0 Å². The molecule has 1 unspecified atom stereocenters. The molecule has 22 heavy (non-hydrogen) atoms. The molecule has 1 aliphatic rings. The van der Waals surface area contributed by atoms with Gasteiger partial charge in [-0.05, 0) is 17.7 Å². The standard InChI is InChI=1S/C17H13Cl2NO2/c18-14-7-4-8-15(19)13(14)10-20-16(21)9-12(17(20)22)11-5-2-1-3-6-11/h1-8,12H,9-10H2. The van der Waals surface area contributed by atoms with Crippen LogP contribution in [-0.4, -0.2) is 16.7 Å². The van der Waals surface area contributed by atoms with Crippen LogP contribution in [-0.2, 0) is 16.1 Å². The third kappa shape index (κ3) is 2.74. The van der Waals surface area contributed by atoms with Gasteiger partial charge in [0.25, 0.3) is 0 Å². The second kappa shape index (κ2) is 6.11. The zero-order chi connectivity index (χ0) is 15.7. The van der Waals surface area contributed by atoms with Crippen molar-refractivity contribution in [1.82, 2.24) is 4.90 Å². The first kappa shape index (κ1) is 15.1. The highest BCUT2D eigenvalue weighted by atomic mass is 35.5. The molecule has 0 aliphatic carbocycles. The predicted molar refractivity (Wildman–Crippen MR) is 85.8 cm³/mol. The highest BCUT2D eigenvalue weighted by Crippen LogP contribution is 2.33. The van der Waals surface area contributed by atoms with Gasteiger partial charge >= 0.3 is 0 Å². The van der Waals surface area contributed by atoms with Gasteiger partial charge < -0.3 is 0 Å². The maximum absolute atomic E-state index is 12.6. The number of carbonyl (C=O) groups excluding carboxylic acids is 2. The Kier molecular flexibility index (Phi) is 4.19. The summed E-state index contributed by atoms with van der Waals surface area (Å²) in [6.07, 6.45) is 0.185. The summed E-state index contributed by atoms with van der Waals surface area (Å²) in [7, 11) is 0. The molecule has 1 fully saturated rings. The Bertz CT molecular complexity index is 710. The van der Waals surface area contributed by atoms with Gasteiger partial charge in [-0.25, -0.2) is 0 Å². The van der Waals surface area contributed by atoms with Crippen molar-refractivity contribution in [1.29, 1.82) is 0 Å². The molecule has 1 atom stereocenters. The second-order valence-corrected chi connectivity index (χ2v) is 6.00. The Morgan fingerprint density at radius 1 is 0.955 bits per heavy atom. The Morgan fingerprint density at radius 3 is 2.23 bits per heavy atom. The van der Waals surface area contributed by atoms with Gasteiger partial charge in [0.1, 0.15) is 0 Å². The fourth-order valence-electron chi connectivity index (χ4n) is 2.64. The van der Waals surface area contributed by atoms with Gasteiger partial charge in [-0.2, -0.15) is 0 Å². The lowest BCUT2D eigenvalue weighted by Gasteiger charge is -2.17. The van der Waals surface area contributed by atoms with E-state index in [1.165, 1.54) is 4.90 Å². The number of rotatable bonds is 3. The molecule has 2 aromatic carbocycles. The molecule has 0 bridgehead atoms. The van der Waals surface area contributed by atoms with Gasteiger partial charge in [-0.3, -0.25) is 14.5 Å². The van der Waals surface area contributed by atoms with E-state index in [2.05, 4.69) is 0 Å². The van der Waals surface area contributed by atoms with Crippen LogP contribution in [0.3, 0.4) is 0 Å². The molecule has 3 rings (SSSR count). The second-order valence-electron chi connectivity index (χ2n) is 5.19. The summed E-state index contributed by atoms with van der Waals surface area (Å²) in [5.74, 6) is -0.822. The molecule has 0 aromatic heterocycles. The van der Waals surface area contributed by atoms with Crippen LogP contribution in [0.4, 0.5) is 0 Å². The van der Waals surface area contributed by atoms with E-state index < -0.39 is 5.92 Å². The Labute approximate surface area is 138 Å². The van der Waals surface area contributed by atoms with Crippen LogP contribution in [0.15, 0.2) is 48.5 Å². The normalized spacial score (nSPS) is 18.1. The maximum Gasteiger partial charge on any atom is 0.237 e. The van der Waals surface area contributed by atoms with Crippen molar-refractivity contribution in [2.24, 2.45) is 0 Å². The average molecular weight is 334 g/mol. The lowest BCUT2D eigenvalue weighted by atomic mass is 9.98. The summed E-state index contributed by atoms with van der Waals surface area (Å²) in [5, 5.41) is 0.910. The first-order valence-corrected chi connectivity index (χ1v) is 7.65. The number of likely N-dealkylation sites (tertiary alicyclic amines) is 1. The molecule has 0 radical (unpaired) electrons. The third-order valence-electron chi connectivity index (χ3n) is 3.82. The van der Waals surface area contributed by atoms with Crippen LogP contribution in [0.25, 0.3) is 0 Å². The van der Waals surface area contributed by atoms with Crippen LogP contribution < -0.4 is 0 Å². The first-order valence-electron chi connectivity index (χ1n) is 6.90. The molecular formula is C17H13Cl2NO2. The third-order valence-corrected chi connectivity index (χ3v) is 4.53. The van der Waals surface area contributed by atoms with E-state index in [1.54, 1.807) is 18.2 Å². The summed E-state index contributed by atoms with van der Waals surface area (Å²) in [4.78, 5) is 26.0. The number of halogens is 2. The minimum Gasteiger partial charge on any atom is -0.277 e. The molecule has 2 aromatic rings. The molecule has 3 nitrogen and oxygen atoms in total. The van der Waals surface area contributed by atoms with Crippen LogP contribution >= 0.6 is 23.2 Å². The van der Waals surface area contributed by atoms with E-state index in [4.69, 9.17) is 23.2 Å². The summed E-state index contributed by atoms with van der Waals surface area (Å²) in [6, 6.07) is 14.5. The molecule has 1 saturated heterocycles. The Hall–Kier alpha value is -1.84. The van der Waals surface area contributed by atoms with E-state index >= 15 is 0 Å². The SMILES string of the molecule is O=C1CC(c2ccccc2)C(=O)N1Cc1c(Cl)cccc1Cl. The molecule has 1 aliphatic heterocycles. The van der Waals surface area contributed by atoms with Crippen molar-refractivity contribution < 1.29 is 9.59 Å². The van der Waals surface area contributed by atoms with Crippen molar-refractivity contribution in [2.45, 2.75) is 18.9 Å². The molecule has 112 valence electrons. The lowest BCUT2D eigenvalue weighted by molar-refractivity contribution is -0.139. The molecule has 0 saturated carbocycles. The summed E-state index contributed by atoms with van der Waals surface area (Å²) < 4.78 is 0. The van der Waals surface area contributed by atoms with Gasteiger partial charge in [-0.1, -0.05) is 59.6 Å². The van der Waals surface area contributed by atoms with Crippen molar-refractivity contribution in [2.75, 3.05) is 0 Å². The largest absolute Gasteiger partial charge is 0.277 e. The zero-order valence-corrected chi connectivity index (χ0v) is 13.1. The predicted octanol–water partition coefficient (Wildman–Crippen LogP) is 4.04. The smallest absolute Gasteiger partial charge is 0.237 e. The number of amides is 2. The number of carbonyl (C=O) groups is 2. The fraction of sp³-hybridized carbons (Fsp3) is 0.176. The van der Waals surface area contributed by atoms with Crippen molar-refractivity contribution >= 4 is 35.0 Å². The van der Waals surface area contributed by atoms with Gasteiger partial charge in [0.15, 0.2) is 0 Å². The monoisotopic (exact) mass is 333 g/mol. The molecule has 2 amide bonds. The van der Waals surface area contributed by atoms with Crippen LogP contribution in [0.1, 0.15) is 23.5 Å². The molecule has 5 heteroatoms. The molecule has 0 spiro atoms. The van der Waals surface area contributed by atoms with Crippen LogP contribution in [0.2, 0.25) is 10.0 Å². The van der Waals surface area contributed by atoms with Gasteiger partial charge in [0.2, 0.25) is 11.8 Å². The lowest BCUT2D eigenvalue weighted by Crippen LogP contribution is -2.30. The Balaban J connectivity index is 1.87. The minimum atomic E-state index is -0.421. The maximum atomic E-state index is 12.6. The van der Waals surface area contributed by atoms with E-state index in [1.807, 2.05) is 30.3 Å². The van der Waals surface area contributed by atoms with Gasteiger partial charge in [-0.15, -0.1) is 0 Å². The van der Waals surface area contributed by atoms with E-state index in [-0.39, 0.29) is 24.8 Å². The summed E-state index contributed by atoms with van der Waals surface area (Å²) >= 11 is 12.2. The highest BCUT2D eigenvalue weighted by Gasteiger charge is 2.39. The summed E-state index contributed by atoms with van der Waals surface area (Å²) in [5.41, 5.74) is 1.45. The highest BCUT2D eigenvalue weighted by molar-refractivity contribution is 6.36. The van der Waals surface area contributed by atoms with Gasteiger partial charge in [0, 0.05) is 22.0 Å². The quantitative estimate of drug-likeness (QED) is 0.795. The average Bonchev–Trinajstić information content (AvgIpc) is 2.79. The number of nitrogens with zero attached hydrogens (tertiary/aromatic N) is 1. The number of benzene rings is 2. The first-order chi connectivity index (χ1) is 10.6. The van der Waals surface area contributed by atoms with Gasteiger partial charge in [0.05, 0.1) is 12.5 Å². The fourth-order valence-corrected chi connectivity index (χ4v) is 3.15. The molecule has 1 heterocycles. The van der Waals surface area contributed by atoms with E-state index in [0.29, 0.717) is 15.6 Å². The molecular weight excluding hydrogens is 321 g/mol. The van der Waals surface area contributed by atoms with Crippen molar-refractivity contribution in [3.05, 3.63) is 69.7 Å². The van der Waals surface area contributed by atoms with E-state index in [9.17, 15) is 9.59 Å². The Morgan fingerprint density at radius 2 is 1.59 bits per heavy atom. The number of hydrogen-bond donors (Lipinski definition) is 0. The number of hydrogen-bond acceptors (Lipinski definition) is 2. The number of imide groups is 1. The van der Waals surface area contributed by atoms with E-state index in [0.717, 1.165) is 5.56 Å². The zero-order valence-electron chi connectivity index (χ0n) is 11.6. The van der Waals surface area contributed by atoms with Crippen molar-refractivity contribution in [3.8, 4) is 0 Å². The van der Waals surface area contributed by atoms with Crippen LogP contribution in [0, 0.1) is 0 Å².